The number of pyridine rings is 1. The van der Waals surface area contributed by atoms with Gasteiger partial charge in [0.15, 0.2) is 0 Å². The molecule has 1 atom stereocenters. The number of carbonyl (C=O) groups is 1. The fourth-order valence-electron chi connectivity index (χ4n) is 2.95. The van der Waals surface area contributed by atoms with E-state index in [1.54, 1.807) is 17.0 Å². The third kappa shape index (κ3) is 3.40. The van der Waals surface area contributed by atoms with Crippen molar-refractivity contribution in [2.75, 3.05) is 12.3 Å². The fraction of sp³-hybridized carbons (Fsp3) is 0.375. The summed E-state index contributed by atoms with van der Waals surface area (Å²) in [4.78, 5) is 17.9. The van der Waals surface area contributed by atoms with E-state index in [0.29, 0.717) is 18.7 Å². The number of anilines is 1. The number of nitrogen functional groups attached to an aromatic ring is 1. The van der Waals surface area contributed by atoms with Crippen LogP contribution in [0.1, 0.15) is 46.3 Å². The minimum atomic E-state index is -4.54. The first kappa shape index (κ1) is 17.1. The molecule has 2 N–H and O–H groups in total. The smallest absolute Gasteiger partial charge is 0.382 e. The van der Waals surface area contributed by atoms with E-state index in [1.165, 1.54) is 13.0 Å². The highest BCUT2D eigenvalue weighted by Gasteiger charge is 2.35. The van der Waals surface area contributed by atoms with Gasteiger partial charge in [0.1, 0.15) is 11.5 Å². The number of nitrogens with two attached hydrogens (primary N) is 1. The van der Waals surface area contributed by atoms with E-state index in [-0.39, 0.29) is 29.0 Å². The van der Waals surface area contributed by atoms with Crippen LogP contribution in [0.5, 0.6) is 0 Å². The molecule has 0 radical (unpaired) electrons. The molecule has 1 aliphatic heterocycles. The van der Waals surface area contributed by atoms with Crippen LogP contribution in [0.2, 0.25) is 0 Å². The molecular weight excluding hydrogens is 335 g/mol. The minimum absolute atomic E-state index is 0.0499. The van der Waals surface area contributed by atoms with Gasteiger partial charge in [-0.3, -0.25) is 4.79 Å². The van der Waals surface area contributed by atoms with Crippen LogP contribution in [-0.2, 0) is 6.18 Å². The zero-order chi connectivity index (χ0) is 18.2. The lowest BCUT2D eigenvalue weighted by molar-refractivity contribution is -0.141. The maximum absolute atomic E-state index is 12.8. The Morgan fingerprint density at radius 2 is 2.00 bits per heavy atom. The molecule has 1 fully saturated rings. The van der Waals surface area contributed by atoms with E-state index in [2.05, 4.69) is 15.2 Å². The van der Waals surface area contributed by atoms with Gasteiger partial charge < -0.3 is 10.6 Å². The number of amides is 1. The van der Waals surface area contributed by atoms with Crippen molar-refractivity contribution in [3.63, 3.8) is 0 Å². The van der Waals surface area contributed by atoms with Gasteiger partial charge in [0.05, 0.1) is 23.0 Å². The van der Waals surface area contributed by atoms with Crippen LogP contribution >= 0.6 is 0 Å². The molecule has 0 spiro atoms. The minimum Gasteiger partial charge on any atom is -0.382 e. The summed E-state index contributed by atoms with van der Waals surface area (Å²) in [5.41, 5.74) is 5.33. The predicted octanol–water partition coefficient (Wildman–Crippen LogP) is 2.76. The van der Waals surface area contributed by atoms with Gasteiger partial charge >= 0.3 is 6.18 Å². The number of alkyl halides is 3. The standard InChI is InChI=1S/C16H16F3N5O/c1-9-10(4-6-13(21-9)16(17,18)19)15(25)24-8-2-3-12(24)11-5-7-14(20)23-22-11/h4-7,12H,2-3,8H2,1H3,(H2,20,23). The van der Waals surface area contributed by atoms with Gasteiger partial charge in [0, 0.05) is 6.54 Å². The van der Waals surface area contributed by atoms with Gasteiger partial charge in [0.2, 0.25) is 0 Å². The maximum Gasteiger partial charge on any atom is 0.433 e. The molecule has 0 aliphatic carbocycles. The largest absolute Gasteiger partial charge is 0.433 e. The third-order valence-corrected chi connectivity index (χ3v) is 4.17. The van der Waals surface area contributed by atoms with Crippen LogP contribution in [0.25, 0.3) is 0 Å². The van der Waals surface area contributed by atoms with Gasteiger partial charge in [-0.05, 0) is 44.0 Å². The first-order valence-corrected chi connectivity index (χ1v) is 7.72. The molecule has 0 saturated carbocycles. The number of aromatic nitrogens is 3. The first-order valence-electron chi connectivity index (χ1n) is 7.72. The Labute approximate surface area is 141 Å². The third-order valence-electron chi connectivity index (χ3n) is 4.17. The summed E-state index contributed by atoms with van der Waals surface area (Å²) < 4.78 is 38.2. The Morgan fingerprint density at radius 3 is 2.60 bits per heavy atom. The van der Waals surface area contributed by atoms with Gasteiger partial charge in [-0.2, -0.15) is 18.3 Å². The molecule has 1 amide bonds. The highest BCUT2D eigenvalue weighted by atomic mass is 19.4. The molecule has 1 aliphatic rings. The number of likely N-dealkylation sites (tertiary alicyclic amines) is 1. The van der Waals surface area contributed by atoms with Crippen LogP contribution in [0.4, 0.5) is 19.0 Å². The van der Waals surface area contributed by atoms with Crippen molar-refractivity contribution < 1.29 is 18.0 Å². The highest BCUT2D eigenvalue weighted by molar-refractivity contribution is 5.95. The van der Waals surface area contributed by atoms with E-state index >= 15 is 0 Å². The zero-order valence-corrected chi connectivity index (χ0v) is 13.4. The summed E-state index contributed by atoms with van der Waals surface area (Å²) >= 11 is 0. The van der Waals surface area contributed by atoms with Crippen molar-refractivity contribution in [3.8, 4) is 0 Å². The fourth-order valence-corrected chi connectivity index (χ4v) is 2.95. The first-order chi connectivity index (χ1) is 11.8. The second kappa shape index (κ2) is 6.30. The number of hydrogen-bond acceptors (Lipinski definition) is 5. The van der Waals surface area contributed by atoms with E-state index in [1.807, 2.05) is 0 Å². The van der Waals surface area contributed by atoms with Gasteiger partial charge in [0.25, 0.3) is 5.91 Å². The summed E-state index contributed by atoms with van der Waals surface area (Å²) in [7, 11) is 0. The Balaban J connectivity index is 1.88. The summed E-state index contributed by atoms with van der Waals surface area (Å²) in [5.74, 6) is -0.0812. The molecule has 0 aromatic carbocycles. The van der Waals surface area contributed by atoms with Crippen LogP contribution < -0.4 is 5.73 Å². The molecule has 6 nitrogen and oxygen atoms in total. The van der Waals surface area contributed by atoms with Crippen molar-refractivity contribution in [2.45, 2.75) is 32.0 Å². The summed E-state index contributed by atoms with van der Waals surface area (Å²) in [5, 5.41) is 7.82. The highest BCUT2D eigenvalue weighted by Crippen LogP contribution is 2.33. The molecule has 2 aromatic rings. The van der Waals surface area contributed by atoms with Crippen molar-refractivity contribution in [3.05, 3.63) is 46.9 Å². The normalized spacial score (nSPS) is 17.8. The van der Waals surface area contributed by atoms with E-state index in [4.69, 9.17) is 5.73 Å². The van der Waals surface area contributed by atoms with Crippen LogP contribution in [-0.4, -0.2) is 32.5 Å². The summed E-state index contributed by atoms with van der Waals surface area (Å²) in [6.07, 6.45) is -3.06. The average molecular weight is 351 g/mol. The van der Waals surface area contributed by atoms with Crippen molar-refractivity contribution in [2.24, 2.45) is 0 Å². The molecule has 1 unspecified atom stereocenters. The predicted molar refractivity (Wildman–Crippen MR) is 83.4 cm³/mol. The Morgan fingerprint density at radius 1 is 1.24 bits per heavy atom. The summed E-state index contributed by atoms with van der Waals surface area (Å²) in [6, 6.07) is 5.04. The van der Waals surface area contributed by atoms with Crippen LogP contribution in [0, 0.1) is 6.92 Å². The van der Waals surface area contributed by atoms with Crippen molar-refractivity contribution >= 4 is 11.7 Å². The lowest BCUT2D eigenvalue weighted by Gasteiger charge is -2.24. The molecule has 0 bridgehead atoms. The van der Waals surface area contributed by atoms with Crippen LogP contribution in [0.15, 0.2) is 24.3 Å². The van der Waals surface area contributed by atoms with Gasteiger partial charge in [-0.25, -0.2) is 4.98 Å². The second-order valence-electron chi connectivity index (χ2n) is 5.87. The molecule has 1 saturated heterocycles. The Kier molecular flexibility index (Phi) is 4.32. The average Bonchev–Trinajstić information content (AvgIpc) is 3.03. The number of nitrogens with zero attached hydrogens (tertiary/aromatic N) is 4. The number of carbonyl (C=O) groups excluding carboxylic acids is 1. The quantitative estimate of drug-likeness (QED) is 0.899. The number of rotatable bonds is 2. The summed E-state index contributed by atoms with van der Waals surface area (Å²) in [6.45, 7) is 1.90. The maximum atomic E-state index is 12.8. The molecular formula is C16H16F3N5O. The number of halogens is 3. The van der Waals surface area contributed by atoms with Crippen molar-refractivity contribution in [1.29, 1.82) is 0 Å². The molecule has 132 valence electrons. The molecule has 9 heteroatoms. The molecule has 3 rings (SSSR count). The monoisotopic (exact) mass is 351 g/mol. The topological polar surface area (TPSA) is 85.0 Å². The number of aryl methyl sites for hydroxylation is 1. The lowest BCUT2D eigenvalue weighted by Crippen LogP contribution is -2.32. The molecule has 2 aromatic heterocycles. The Hall–Kier alpha value is -2.71. The zero-order valence-electron chi connectivity index (χ0n) is 13.4. The Bertz CT molecular complexity index is 791. The molecule has 3 heterocycles. The van der Waals surface area contributed by atoms with Gasteiger partial charge in [-0.1, -0.05) is 0 Å². The number of hydrogen-bond donors (Lipinski definition) is 1. The van der Waals surface area contributed by atoms with E-state index < -0.39 is 11.9 Å². The van der Waals surface area contributed by atoms with Gasteiger partial charge in [-0.15, -0.1) is 5.10 Å². The molecule has 25 heavy (non-hydrogen) atoms. The van der Waals surface area contributed by atoms with E-state index in [0.717, 1.165) is 12.5 Å². The van der Waals surface area contributed by atoms with E-state index in [9.17, 15) is 18.0 Å². The SMILES string of the molecule is Cc1nc(C(F)(F)F)ccc1C(=O)N1CCCC1c1ccc(N)nn1. The second-order valence-corrected chi connectivity index (χ2v) is 5.87. The van der Waals surface area contributed by atoms with Crippen LogP contribution in [0.3, 0.4) is 0 Å². The van der Waals surface area contributed by atoms with Crippen molar-refractivity contribution in [1.82, 2.24) is 20.1 Å². The lowest BCUT2D eigenvalue weighted by atomic mass is 10.1.